The fourth-order valence-electron chi connectivity index (χ4n) is 3.01. The Morgan fingerprint density at radius 3 is 2.78 bits per heavy atom. The van der Waals surface area contributed by atoms with Gasteiger partial charge in [0.2, 0.25) is 0 Å². The van der Waals surface area contributed by atoms with Gasteiger partial charge in [0.25, 0.3) is 0 Å². The largest absolute Gasteiger partial charge is 0.444 e. The van der Waals surface area contributed by atoms with Crippen LogP contribution in [0.2, 0.25) is 0 Å². The minimum atomic E-state index is -0.432. The van der Waals surface area contributed by atoms with Crippen molar-refractivity contribution in [3.8, 4) is 0 Å². The smallest absolute Gasteiger partial charge is 0.410 e. The highest BCUT2D eigenvalue weighted by Crippen LogP contribution is 2.22. The first kappa shape index (κ1) is 17.8. The molecule has 6 nitrogen and oxygen atoms in total. The maximum Gasteiger partial charge on any atom is 0.410 e. The van der Waals surface area contributed by atoms with Crippen molar-refractivity contribution in [1.82, 2.24) is 20.4 Å². The van der Waals surface area contributed by atoms with Crippen LogP contribution >= 0.6 is 0 Å². The van der Waals surface area contributed by atoms with E-state index in [1.807, 2.05) is 39.5 Å². The number of aryl methyl sites for hydroxylation is 2. The third-order valence-corrected chi connectivity index (χ3v) is 4.24. The van der Waals surface area contributed by atoms with E-state index in [-0.39, 0.29) is 12.1 Å². The van der Waals surface area contributed by atoms with Gasteiger partial charge in [-0.25, -0.2) is 4.79 Å². The maximum absolute atomic E-state index is 12.3. The van der Waals surface area contributed by atoms with Gasteiger partial charge in [0.05, 0.1) is 5.69 Å². The van der Waals surface area contributed by atoms with Crippen molar-refractivity contribution in [2.24, 2.45) is 0 Å². The molecule has 130 valence electrons. The summed E-state index contributed by atoms with van der Waals surface area (Å²) in [5.74, 6) is 0. The number of hydrogen-bond acceptors (Lipinski definition) is 4. The summed E-state index contributed by atoms with van der Waals surface area (Å²) in [6.45, 7) is 12.3. The highest BCUT2D eigenvalue weighted by molar-refractivity contribution is 5.68. The van der Waals surface area contributed by atoms with E-state index in [0.29, 0.717) is 0 Å². The Labute approximate surface area is 139 Å². The third kappa shape index (κ3) is 4.96. The molecule has 1 unspecified atom stereocenters. The van der Waals surface area contributed by atoms with Crippen LogP contribution in [0.4, 0.5) is 4.79 Å². The molecule has 0 spiro atoms. The monoisotopic (exact) mass is 322 g/mol. The molecule has 6 heteroatoms. The number of nitrogens with zero attached hydrogens (tertiary/aromatic N) is 2. The van der Waals surface area contributed by atoms with Crippen molar-refractivity contribution >= 4 is 6.09 Å². The molecule has 1 aromatic heterocycles. The zero-order chi connectivity index (χ0) is 17.0. The Kier molecular flexibility index (Phi) is 5.68. The van der Waals surface area contributed by atoms with E-state index in [4.69, 9.17) is 4.74 Å². The summed E-state index contributed by atoms with van der Waals surface area (Å²) in [4.78, 5) is 14.1. The molecule has 0 aliphatic carbocycles. The first-order valence-electron chi connectivity index (χ1n) is 8.48. The van der Waals surface area contributed by atoms with E-state index in [2.05, 4.69) is 15.5 Å². The SMILES string of the molecule is Cc1n[nH]c(C)c1CNCCC1CCCN1C(=O)OC(C)(C)C. The zero-order valence-corrected chi connectivity index (χ0v) is 15.0. The number of H-pyrrole nitrogens is 1. The number of aromatic nitrogens is 2. The van der Waals surface area contributed by atoms with Crippen LogP contribution < -0.4 is 5.32 Å². The van der Waals surface area contributed by atoms with Gasteiger partial charge in [0.15, 0.2) is 0 Å². The lowest BCUT2D eigenvalue weighted by molar-refractivity contribution is 0.0221. The lowest BCUT2D eigenvalue weighted by Gasteiger charge is -2.28. The van der Waals surface area contributed by atoms with Gasteiger partial charge in [-0.05, 0) is 60.4 Å². The van der Waals surface area contributed by atoms with Gasteiger partial charge in [-0.3, -0.25) is 5.10 Å². The molecule has 2 heterocycles. The highest BCUT2D eigenvalue weighted by atomic mass is 16.6. The second-order valence-corrected chi connectivity index (χ2v) is 7.35. The van der Waals surface area contributed by atoms with Gasteiger partial charge in [-0.1, -0.05) is 0 Å². The summed E-state index contributed by atoms with van der Waals surface area (Å²) < 4.78 is 5.50. The normalized spacial score (nSPS) is 18.5. The first-order valence-corrected chi connectivity index (χ1v) is 8.48. The topological polar surface area (TPSA) is 70.2 Å². The second kappa shape index (κ2) is 7.34. The Balaban J connectivity index is 1.77. The number of rotatable bonds is 5. The van der Waals surface area contributed by atoms with Crippen LogP contribution in [0.1, 0.15) is 57.0 Å². The average molecular weight is 322 g/mol. The van der Waals surface area contributed by atoms with Crippen molar-refractivity contribution in [2.45, 2.75) is 72.1 Å². The Bertz CT molecular complexity index is 514. The van der Waals surface area contributed by atoms with Gasteiger partial charge in [-0.15, -0.1) is 0 Å². The molecule has 1 saturated heterocycles. The lowest BCUT2D eigenvalue weighted by atomic mass is 10.1. The molecule has 23 heavy (non-hydrogen) atoms. The van der Waals surface area contributed by atoms with Gasteiger partial charge in [0.1, 0.15) is 5.60 Å². The Morgan fingerprint density at radius 2 is 2.17 bits per heavy atom. The molecular formula is C17H30N4O2. The summed E-state index contributed by atoms with van der Waals surface area (Å²) in [6, 6.07) is 0.281. The molecule has 0 bridgehead atoms. The molecule has 1 aliphatic rings. The lowest BCUT2D eigenvalue weighted by Crippen LogP contribution is -2.40. The maximum atomic E-state index is 12.3. The fourth-order valence-corrected chi connectivity index (χ4v) is 3.01. The van der Waals surface area contributed by atoms with Crippen LogP contribution in [0.3, 0.4) is 0 Å². The van der Waals surface area contributed by atoms with Crippen molar-refractivity contribution in [1.29, 1.82) is 0 Å². The van der Waals surface area contributed by atoms with Gasteiger partial charge >= 0.3 is 6.09 Å². The highest BCUT2D eigenvalue weighted by Gasteiger charge is 2.31. The van der Waals surface area contributed by atoms with E-state index in [1.165, 1.54) is 5.56 Å². The van der Waals surface area contributed by atoms with Crippen LogP contribution in [0.25, 0.3) is 0 Å². The number of carbonyl (C=O) groups is 1. The Hall–Kier alpha value is -1.56. The molecule has 1 fully saturated rings. The first-order chi connectivity index (χ1) is 10.8. The average Bonchev–Trinajstić information content (AvgIpc) is 3.02. The molecule has 0 radical (unpaired) electrons. The third-order valence-electron chi connectivity index (χ3n) is 4.24. The van der Waals surface area contributed by atoms with Crippen LogP contribution in [0.15, 0.2) is 0 Å². The van der Waals surface area contributed by atoms with E-state index >= 15 is 0 Å². The van der Waals surface area contributed by atoms with Gasteiger partial charge in [0, 0.05) is 30.4 Å². The molecular weight excluding hydrogens is 292 g/mol. The molecule has 1 amide bonds. The summed E-state index contributed by atoms with van der Waals surface area (Å²) in [5.41, 5.74) is 2.97. The van der Waals surface area contributed by atoms with Crippen LogP contribution in [0.5, 0.6) is 0 Å². The number of carbonyl (C=O) groups excluding carboxylic acids is 1. The fraction of sp³-hybridized carbons (Fsp3) is 0.765. The zero-order valence-electron chi connectivity index (χ0n) is 15.0. The summed E-state index contributed by atoms with van der Waals surface area (Å²) in [6.07, 6.45) is 2.89. The van der Waals surface area contributed by atoms with Gasteiger partial charge < -0.3 is 15.0 Å². The molecule has 0 aromatic carbocycles. The summed E-state index contributed by atoms with van der Waals surface area (Å²) >= 11 is 0. The van der Waals surface area contributed by atoms with Crippen molar-refractivity contribution in [2.75, 3.05) is 13.1 Å². The number of aromatic amines is 1. The number of ether oxygens (including phenoxy) is 1. The molecule has 0 saturated carbocycles. The summed E-state index contributed by atoms with van der Waals surface area (Å²) in [7, 11) is 0. The van der Waals surface area contributed by atoms with E-state index in [0.717, 1.165) is 50.3 Å². The predicted octanol–water partition coefficient (Wildman–Crippen LogP) is 2.91. The molecule has 1 aliphatic heterocycles. The molecule has 1 atom stereocenters. The standard InChI is InChI=1S/C17H30N4O2/c1-12-15(13(2)20-19-12)11-18-9-8-14-7-6-10-21(14)16(22)23-17(3,4)5/h14,18H,6-11H2,1-5H3,(H,19,20). The van der Waals surface area contributed by atoms with E-state index in [1.54, 1.807) is 0 Å². The molecule has 1 aromatic rings. The summed E-state index contributed by atoms with van der Waals surface area (Å²) in [5, 5.41) is 10.7. The number of hydrogen-bond donors (Lipinski definition) is 2. The van der Waals surface area contributed by atoms with Gasteiger partial charge in [-0.2, -0.15) is 5.10 Å². The molecule has 2 rings (SSSR count). The second-order valence-electron chi connectivity index (χ2n) is 7.35. The van der Waals surface area contributed by atoms with Crippen molar-refractivity contribution < 1.29 is 9.53 Å². The minimum Gasteiger partial charge on any atom is -0.444 e. The number of amides is 1. The van der Waals surface area contributed by atoms with Crippen LogP contribution in [-0.4, -0.2) is 45.9 Å². The van der Waals surface area contributed by atoms with Crippen LogP contribution in [-0.2, 0) is 11.3 Å². The quantitative estimate of drug-likeness (QED) is 0.818. The minimum absolute atomic E-state index is 0.179. The van der Waals surface area contributed by atoms with E-state index < -0.39 is 5.60 Å². The Morgan fingerprint density at radius 1 is 1.43 bits per heavy atom. The predicted molar refractivity (Wildman–Crippen MR) is 90.3 cm³/mol. The van der Waals surface area contributed by atoms with Crippen LogP contribution in [0, 0.1) is 13.8 Å². The van der Waals surface area contributed by atoms with Crippen molar-refractivity contribution in [3.63, 3.8) is 0 Å². The number of likely N-dealkylation sites (tertiary alicyclic amines) is 1. The van der Waals surface area contributed by atoms with E-state index in [9.17, 15) is 4.79 Å². The molecule has 2 N–H and O–H groups in total. The van der Waals surface area contributed by atoms with Crippen molar-refractivity contribution in [3.05, 3.63) is 17.0 Å². The number of nitrogens with one attached hydrogen (secondary N) is 2.